The number of rotatable bonds is 8. The highest BCUT2D eigenvalue weighted by Crippen LogP contribution is 2.36. The lowest BCUT2D eigenvalue weighted by molar-refractivity contribution is 0.250. The Bertz CT molecular complexity index is 86.7. The van der Waals surface area contributed by atoms with Crippen molar-refractivity contribution in [2.75, 3.05) is 23.0 Å². The molecule has 4 heteroatoms. The molecule has 80 valence electrons. The van der Waals surface area contributed by atoms with Crippen molar-refractivity contribution in [2.45, 2.75) is 25.7 Å². The van der Waals surface area contributed by atoms with Gasteiger partial charge in [-0.1, -0.05) is 0 Å². The largest absolute Gasteiger partial charge is 0.179 e. The normalized spacial score (nSPS) is 12.0. The number of thiol groups is 4. The van der Waals surface area contributed by atoms with E-state index >= 15 is 0 Å². The zero-order chi connectivity index (χ0) is 10.2. The van der Waals surface area contributed by atoms with Gasteiger partial charge in [0.05, 0.1) is 0 Å². The minimum Gasteiger partial charge on any atom is -0.179 e. The van der Waals surface area contributed by atoms with Gasteiger partial charge in [0.1, 0.15) is 0 Å². The molecule has 0 amide bonds. The van der Waals surface area contributed by atoms with Gasteiger partial charge in [-0.15, -0.1) is 0 Å². The Morgan fingerprint density at radius 1 is 0.538 bits per heavy atom. The number of hydrogen-bond donors (Lipinski definition) is 4. The van der Waals surface area contributed by atoms with E-state index in [9.17, 15) is 0 Å². The topological polar surface area (TPSA) is 0 Å². The van der Waals surface area contributed by atoms with E-state index in [1.165, 1.54) is 0 Å². The van der Waals surface area contributed by atoms with E-state index in [4.69, 9.17) is 0 Å². The van der Waals surface area contributed by atoms with E-state index in [2.05, 4.69) is 50.5 Å². The van der Waals surface area contributed by atoms with Gasteiger partial charge in [-0.3, -0.25) is 0 Å². The average molecular weight is 257 g/mol. The third kappa shape index (κ3) is 5.75. The predicted molar refractivity (Wildman–Crippen MR) is 76.3 cm³/mol. The molecular weight excluding hydrogens is 236 g/mol. The van der Waals surface area contributed by atoms with Gasteiger partial charge >= 0.3 is 0 Å². The summed E-state index contributed by atoms with van der Waals surface area (Å²) in [5, 5.41) is 0. The van der Waals surface area contributed by atoms with E-state index < -0.39 is 0 Å². The molecule has 0 aromatic heterocycles. The Balaban J connectivity index is 4.19. The van der Waals surface area contributed by atoms with Gasteiger partial charge in [0, 0.05) is 0 Å². The SMILES string of the molecule is SCCC(CCS)(CCS)CCS. The molecule has 0 saturated carbocycles. The Kier molecular flexibility index (Phi) is 9.62. The van der Waals surface area contributed by atoms with Crippen LogP contribution in [0, 0.1) is 5.41 Å². The summed E-state index contributed by atoms with van der Waals surface area (Å²) in [4.78, 5) is 0. The quantitative estimate of drug-likeness (QED) is 0.471. The summed E-state index contributed by atoms with van der Waals surface area (Å²) in [5.74, 6) is 3.81. The molecule has 0 unspecified atom stereocenters. The van der Waals surface area contributed by atoms with Crippen LogP contribution in [0.4, 0.5) is 0 Å². The third-order valence-electron chi connectivity index (χ3n) is 2.57. The first-order chi connectivity index (χ1) is 6.24. The fourth-order valence-electron chi connectivity index (χ4n) is 1.70. The second-order valence-electron chi connectivity index (χ2n) is 3.39. The maximum Gasteiger partial charge on any atom is -0.00926 e. The summed E-state index contributed by atoms with van der Waals surface area (Å²) < 4.78 is 0. The molecule has 0 aromatic carbocycles. The lowest BCUT2D eigenvalue weighted by atomic mass is 9.77. The second kappa shape index (κ2) is 8.69. The van der Waals surface area contributed by atoms with Crippen molar-refractivity contribution in [1.82, 2.24) is 0 Å². The van der Waals surface area contributed by atoms with Crippen LogP contribution in [0.5, 0.6) is 0 Å². The average Bonchev–Trinajstić information content (AvgIpc) is 2.06. The van der Waals surface area contributed by atoms with Crippen LogP contribution in [0.3, 0.4) is 0 Å². The zero-order valence-corrected chi connectivity index (χ0v) is 11.5. The van der Waals surface area contributed by atoms with Crippen LogP contribution in [0.15, 0.2) is 0 Å². The molecule has 0 spiro atoms. The summed E-state index contributed by atoms with van der Waals surface area (Å²) in [5.41, 5.74) is 0.396. The van der Waals surface area contributed by atoms with Gasteiger partial charge in [0.25, 0.3) is 0 Å². The Hall–Kier alpha value is 1.40. The second-order valence-corrected chi connectivity index (χ2v) is 5.18. The lowest BCUT2D eigenvalue weighted by Gasteiger charge is -2.32. The molecule has 0 heterocycles. The van der Waals surface area contributed by atoms with Crippen LogP contribution in [-0.2, 0) is 0 Å². The van der Waals surface area contributed by atoms with Gasteiger partial charge in [0.15, 0.2) is 0 Å². The molecule has 0 aromatic rings. The minimum atomic E-state index is 0.396. The van der Waals surface area contributed by atoms with E-state index in [0.717, 1.165) is 48.7 Å². The summed E-state index contributed by atoms with van der Waals surface area (Å²) in [6, 6.07) is 0. The van der Waals surface area contributed by atoms with Gasteiger partial charge in [-0.2, -0.15) is 50.5 Å². The fraction of sp³-hybridized carbons (Fsp3) is 1.00. The van der Waals surface area contributed by atoms with E-state index in [1.807, 2.05) is 0 Å². The molecule has 0 bridgehead atoms. The highest BCUT2D eigenvalue weighted by Gasteiger charge is 2.26. The molecule has 0 aliphatic rings. The molecule has 0 nitrogen and oxygen atoms in total. The standard InChI is InChI=1S/C9H20S4/c10-5-1-9(2-6-11,3-7-12)4-8-13/h10-13H,1-8H2. The molecule has 0 radical (unpaired) electrons. The molecule has 0 atom stereocenters. The van der Waals surface area contributed by atoms with Gasteiger partial charge < -0.3 is 0 Å². The number of hydrogen-bond acceptors (Lipinski definition) is 4. The van der Waals surface area contributed by atoms with Crippen molar-refractivity contribution >= 4 is 50.5 Å². The van der Waals surface area contributed by atoms with E-state index in [0.29, 0.717) is 5.41 Å². The van der Waals surface area contributed by atoms with E-state index in [-0.39, 0.29) is 0 Å². The first kappa shape index (κ1) is 14.4. The van der Waals surface area contributed by atoms with Gasteiger partial charge in [-0.25, -0.2) is 0 Å². The summed E-state index contributed by atoms with van der Waals surface area (Å²) in [7, 11) is 0. The molecular formula is C9H20S4. The summed E-state index contributed by atoms with van der Waals surface area (Å²) in [6.45, 7) is 0. The van der Waals surface area contributed by atoms with Crippen molar-refractivity contribution in [3.05, 3.63) is 0 Å². The van der Waals surface area contributed by atoms with Crippen molar-refractivity contribution < 1.29 is 0 Å². The van der Waals surface area contributed by atoms with Crippen molar-refractivity contribution in [1.29, 1.82) is 0 Å². The third-order valence-corrected chi connectivity index (χ3v) is 3.46. The molecule has 0 rings (SSSR count). The Morgan fingerprint density at radius 3 is 0.923 bits per heavy atom. The minimum absolute atomic E-state index is 0.396. The van der Waals surface area contributed by atoms with Gasteiger partial charge in [0.2, 0.25) is 0 Å². The molecule has 0 fully saturated rings. The monoisotopic (exact) mass is 256 g/mol. The van der Waals surface area contributed by atoms with Crippen LogP contribution >= 0.6 is 50.5 Å². The van der Waals surface area contributed by atoms with Crippen LogP contribution in [0.1, 0.15) is 25.7 Å². The van der Waals surface area contributed by atoms with Gasteiger partial charge in [-0.05, 0) is 54.1 Å². The van der Waals surface area contributed by atoms with Crippen molar-refractivity contribution in [3.63, 3.8) is 0 Å². The maximum atomic E-state index is 4.32. The Morgan fingerprint density at radius 2 is 0.769 bits per heavy atom. The molecule has 13 heavy (non-hydrogen) atoms. The van der Waals surface area contributed by atoms with E-state index in [1.54, 1.807) is 0 Å². The lowest BCUT2D eigenvalue weighted by Crippen LogP contribution is -2.24. The molecule has 0 aliphatic carbocycles. The van der Waals surface area contributed by atoms with Crippen molar-refractivity contribution in [2.24, 2.45) is 5.41 Å². The zero-order valence-electron chi connectivity index (χ0n) is 7.95. The fourth-order valence-corrected chi connectivity index (χ4v) is 3.60. The highest BCUT2D eigenvalue weighted by atomic mass is 32.1. The predicted octanol–water partition coefficient (Wildman–Crippen LogP) is 3.25. The first-order valence-electron chi connectivity index (χ1n) is 4.68. The van der Waals surface area contributed by atoms with Crippen LogP contribution in [-0.4, -0.2) is 23.0 Å². The molecule has 0 aliphatic heterocycles. The van der Waals surface area contributed by atoms with Crippen LogP contribution < -0.4 is 0 Å². The molecule has 0 saturated heterocycles. The van der Waals surface area contributed by atoms with Crippen molar-refractivity contribution in [3.8, 4) is 0 Å². The smallest absolute Gasteiger partial charge is 0.00926 e. The maximum absolute atomic E-state index is 4.32. The summed E-state index contributed by atoms with van der Waals surface area (Å²) >= 11 is 17.3. The van der Waals surface area contributed by atoms with Crippen LogP contribution in [0.2, 0.25) is 0 Å². The first-order valence-corrected chi connectivity index (χ1v) is 7.21. The molecule has 0 N–H and O–H groups in total. The summed E-state index contributed by atoms with van der Waals surface area (Å²) in [6.07, 6.45) is 4.66. The van der Waals surface area contributed by atoms with Crippen LogP contribution in [0.25, 0.3) is 0 Å². The Labute approximate surface area is 104 Å². The highest BCUT2D eigenvalue weighted by molar-refractivity contribution is 7.80.